The summed E-state index contributed by atoms with van der Waals surface area (Å²) in [5.41, 5.74) is 0.163. The minimum atomic E-state index is -0.888. The standard InChI is InChI=1S/C16H23N3O5/c1-10(2)13-7-12(17-24-13)15(21)18(3)9-14(20)19-6-4-5-11(8-19)16(22)23/h7,10-11H,4-6,8-9H2,1-3H3,(H,22,23). The van der Waals surface area contributed by atoms with Gasteiger partial charge in [-0.2, -0.15) is 0 Å². The number of nitrogens with zero attached hydrogens (tertiary/aromatic N) is 3. The van der Waals surface area contributed by atoms with Crippen LogP contribution in [0.1, 0.15) is 48.9 Å². The summed E-state index contributed by atoms with van der Waals surface area (Å²) in [4.78, 5) is 38.5. The average Bonchev–Trinajstić information content (AvgIpc) is 3.04. The third kappa shape index (κ3) is 4.12. The van der Waals surface area contributed by atoms with Crippen LogP contribution in [0.15, 0.2) is 10.6 Å². The molecule has 1 N–H and O–H groups in total. The quantitative estimate of drug-likeness (QED) is 0.865. The first kappa shape index (κ1) is 18.0. The Labute approximate surface area is 140 Å². The molecule has 2 amide bonds. The maximum atomic E-state index is 12.3. The second kappa shape index (κ2) is 7.46. The molecule has 0 bridgehead atoms. The summed E-state index contributed by atoms with van der Waals surface area (Å²) >= 11 is 0. The fourth-order valence-corrected chi connectivity index (χ4v) is 2.64. The topological polar surface area (TPSA) is 104 Å². The highest BCUT2D eigenvalue weighted by molar-refractivity contribution is 5.94. The zero-order valence-electron chi connectivity index (χ0n) is 14.2. The molecule has 0 saturated carbocycles. The maximum absolute atomic E-state index is 12.3. The van der Waals surface area contributed by atoms with Gasteiger partial charge in [0.1, 0.15) is 5.76 Å². The van der Waals surface area contributed by atoms with E-state index in [1.807, 2.05) is 13.8 Å². The summed E-state index contributed by atoms with van der Waals surface area (Å²) in [5.74, 6) is -1.35. The van der Waals surface area contributed by atoms with E-state index in [-0.39, 0.29) is 30.6 Å². The molecule has 0 aromatic carbocycles. The third-order valence-electron chi connectivity index (χ3n) is 4.16. The van der Waals surface area contributed by atoms with Gasteiger partial charge in [-0.15, -0.1) is 0 Å². The molecule has 2 rings (SSSR count). The zero-order valence-corrected chi connectivity index (χ0v) is 14.2. The van der Waals surface area contributed by atoms with Crippen molar-refractivity contribution in [3.8, 4) is 0 Å². The van der Waals surface area contributed by atoms with Gasteiger partial charge in [0.25, 0.3) is 5.91 Å². The molecule has 1 aromatic rings. The number of aliphatic carboxylic acids is 1. The molecule has 8 heteroatoms. The number of piperidine rings is 1. The Kier molecular flexibility index (Phi) is 5.58. The Morgan fingerprint density at radius 3 is 2.75 bits per heavy atom. The number of rotatable bonds is 5. The number of carboxylic acids is 1. The van der Waals surface area contributed by atoms with Gasteiger partial charge in [-0.3, -0.25) is 14.4 Å². The SMILES string of the molecule is CC(C)c1cc(C(=O)N(C)CC(=O)N2CCCC(C(=O)O)C2)no1. The number of carboxylic acid groups (broad SMARTS) is 1. The summed E-state index contributed by atoms with van der Waals surface area (Å²) in [5, 5.41) is 12.8. The number of amides is 2. The lowest BCUT2D eigenvalue weighted by molar-refractivity contribution is -0.145. The van der Waals surface area contributed by atoms with Gasteiger partial charge in [0.15, 0.2) is 5.69 Å². The zero-order chi connectivity index (χ0) is 17.9. The molecule has 2 heterocycles. The number of hydrogen-bond donors (Lipinski definition) is 1. The Morgan fingerprint density at radius 1 is 1.46 bits per heavy atom. The highest BCUT2D eigenvalue weighted by Gasteiger charge is 2.29. The van der Waals surface area contributed by atoms with Crippen LogP contribution in [-0.4, -0.2) is 64.5 Å². The Morgan fingerprint density at radius 2 is 2.17 bits per heavy atom. The van der Waals surface area contributed by atoms with Crippen molar-refractivity contribution in [2.24, 2.45) is 5.92 Å². The van der Waals surface area contributed by atoms with Gasteiger partial charge in [-0.05, 0) is 12.8 Å². The van der Waals surface area contributed by atoms with E-state index in [2.05, 4.69) is 5.16 Å². The molecular formula is C16H23N3O5. The summed E-state index contributed by atoms with van der Waals surface area (Å²) in [6, 6.07) is 1.58. The fourth-order valence-electron chi connectivity index (χ4n) is 2.64. The minimum absolute atomic E-state index is 0.116. The number of aromatic nitrogens is 1. The van der Waals surface area contributed by atoms with Crippen LogP contribution in [-0.2, 0) is 9.59 Å². The van der Waals surface area contributed by atoms with E-state index < -0.39 is 17.8 Å². The lowest BCUT2D eigenvalue weighted by atomic mass is 9.98. The summed E-state index contributed by atoms with van der Waals surface area (Å²) in [6.45, 7) is 4.45. The van der Waals surface area contributed by atoms with Crippen molar-refractivity contribution in [2.75, 3.05) is 26.7 Å². The van der Waals surface area contributed by atoms with E-state index in [9.17, 15) is 14.4 Å². The minimum Gasteiger partial charge on any atom is -0.481 e. The highest BCUT2D eigenvalue weighted by atomic mass is 16.5. The first-order chi connectivity index (χ1) is 11.3. The lowest BCUT2D eigenvalue weighted by Gasteiger charge is -2.31. The maximum Gasteiger partial charge on any atom is 0.308 e. The molecule has 0 aliphatic carbocycles. The normalized spacial score (nSPS) is 17.8. The van der Waals surface area contributed by atoms with E-state index in [1.54, 1.807) is 6.07 Å². The van der Waals surface area contributed by atoms with Crippen molar-refractivity contribution in [3.63, 3.8) is 0 Å². The molecule has 24 heavy (non-hydrogen) atoms. The van der Waals surface area contributed by atoms with Crippen molar-refractivity contribution < 1.29 is 24.0 Å². The van der Waals surface area contributed by atoms with Crippen molar-refractivity contribution in [1.82, 2.24) is 15.0 Å². The van der Waals surface area contributed by atoms with E-state index in [4.69, 9.17) is 9.63 Å². The first-order valence-corrected chi connectivity index (χ1v) is 8.02. The molecule has 1 fully saturated rings. The third-order valence-corrected chi connectivity index (χ3v) is 4.16. The van der Waals surface area contributed by atoms with E-state index in [0.29, 0.717) is 25.1 Å². The molecule has 1 aromatic heterocycles. The van der Waals surface area contributed by atoms with Gasteiger partial charge >= 0.3 is 5.97 Å². The van der Waals surface area contributed by atoms with Crippen molar-refractivity contribution in [1.29, 1.82) is 0 Å². The van der Waals surface area contributed by atoms with E-state index >= 15 is 0 Å². The molecule has 132 valence electrons. The van der Waals surface area contributed by atoms with Crippen LogP contribution in [0.4, 0.5) is 0 Å². The molecule has 8 nitrogen and oxygen atoms in total. The van der Waals surface area contributed by atoms with Gasteiger partial charge in [0.2, 0.25) is 5.91 Å². The molecule has 1 unspecified atom stereocenters. The Balaban J connectivity index is 1.95. The number of hydrogen-bond acceptors (Lipinski definition) is 5. The van der Waals surface area contributed by atoms with Gasteiger partial charge in [0, 0.05) is 32.1 Å². The first-order valence-electron chi connectivity index (χ1n) is 8.02. The molecule has 1 aliphatic rings. The van der Waals surface area contributed by atoms with E-state index in [1.165, 1.54) is 16.8 Å². The van der Waals surface area contributed by atoms with Crippen LogP contribution >= 0.6 is 0 Å². The van der Waals surface area contributed by atoms with Crippen LogP contribution in [0.3, 0.4) is 0 Å². The second-order valence-corrected chi connectivity index (χ2v) is 6.45. The smallest absolute Gasteiger partial charge is 0.308 e. The van der Waals surface area contributed by atoms with Gasteiger partial charge in [-0.1, -0.05) is 19.0 Å². The van der Waals surface area contributed by atoms with Crippen molar-refractivity contribution in [2.45, 2.75) is 32.6 Å². The predicted molar refractivity (Wildman–Crippen MR) is 84.5 cm³/mol. The largest absolute Gasteiger partial charge is 0.481 e. The summed E-state index contributed by atoms with van der Waals surface area (Å²) in [6.07, 6.45) is 1.23. The van der Waals surface area contributed by atoms with Crippen LogP contribution in [0, 0.1) is 5.92 Å². The summed E-state index contributed by atoms with van der Waals surface area (Å²) in [7, 11) is 1.52. The van der Waals surface area contributed by atoms with Crippen LogP contribution in [0.25, 0.3) is 0 Å². The number of likely N-dealkylation sites (tertiary alicyclic amines) is 1. The summed E-state index contributed by atoms with van der Waals surface area (Å²) < 4.78 is 5.10. The molecule has 1 atom stereocenters. The van der Waals surface area contributed by atoms with Gasteiger partial charge in [-0.25, -0.2) is 0 Å². The van der Waals surface area contributed by atoms with Crippen LogP contribution in [0.5, 0.6) is 0 Å². The molecular weight excluding hydrogens is 314 g/mol. The van der Waals surface area contributed by atoms with Crippen LogP contribution in [0.2, 0.25) is 0 Å². The Hall–Kier alpha value is -2.38. The number of likely N-dealkylation sites (N-methyl/N-ethyl adjacent to an activating group) is 1. The lowest BCUT2D eigenvalue weighted by Crippen LogP contribution is -2.46. The fraction of sp³-hybridized carbons (Fsp3) is 0.625. The van der Waals surface area contributed by atoms with Crippen LogP contribution < -0.4 is 0 Å². The molecule has 1 saturated heterocycles. The molecule has 1 aliphatic heterocycles. The Bertz CT molecular complexity index is 625. The van der Waals surface area contributed by atoms with E-state index in [0.717, 1.165) is 0 Å². The van der Waals surface area contributed by atoms with Gasteiger partial charge < -0.3 is 19.4 Å². The molecule has 0 radical (unpaired) electrons. The second-order valence-electron chi connectivity index (χ2n) is 6.45. The molecule has 0 spiro atoms. The average molecular weight is 337 g/mol. The number of carbonyl (C=O) groups excluding carboxylic acids is 2. The van der Waals surface area contributed by atoms with Crippen molar-refractivity contribution >= 4 is 17.8 Å². The number of carbonyl (C=O) groups is 3. The monoisotopic (exact) mass is 337 g/mol. The highest BCUT2D eigenvalue weighted by Crippen LogP contribution is 2.18. The van der Waals surface area contributed by atoms with Crippen molar-refractivity contribution in [3.05, 3.63) is 17.5 Å². The van der Waals surface area contributed by atoms with Gasteiger partial charge in [0.05, 0.1) is 12.5 Å². The predicted octanol–water partition coefficient (Wildman–Crippen LogP) is 1.19.